The van der Waals surface area contributed by atoms with Crippen LogP contribution >= 0.6 is 12.4 Å². The van der Waals surface area contributed by atoms with Gasteiger partial charge in [-0.3, -0.25) is 4.79 Å². The highest BCUT2D eigenvalue weighted by molar-refractivity contribution is 5.89. The van der Waals surface area contributed by atoms with Gasteiger partial charge in [-0.25, -0.2) is 9.69 Å². The van der Waals surface area contributed by atoms with Gasteiger partial charge < -0.3 is 5.11 Å². The molecule has 0 saturated heterocycles. The van der Waals surface area contributed by atoms with Crippen LogP contribution in [0.25, 0.3) is 0 Å². The molecular weight excluding hydrogens is 170 g/mol. The molecule has 66 valence electrons. The lowest BCUT2D eigenvalue weighted by Gasteiger charge is -2.18. The van der Waals surface area contributed by atoms with Gasteiger partial charge in [0.25, 0.3) is 0 Å². The summed E-state index contributed by atoms with van der Waals surface area (Å²) in [6.07, 6.45) is -1.19. The van der Waals surface area contributed by atoms with Crippen LogP contribution in [0.2, 0.25) is 0 Å². The van der Waals surface area contributed by atoms with Crippen molar-refractivity contribution < 1.29 is 14.7 Å². The van der Waals surface area contributed by atoms with Crippen molar-refractivity contribution in [3.05, 3.63) is 0 Å². The zero-order valence-corrected chi connectivity index (χ0v) is 7.51. The first kappa shape index (κ1) is 12.9. The van der Waals surface area contributed by atoms with Crippen molar-refractivity contribution in [1.82, 2.24) is 4.90 Å². The summed E-state index contributed by atoms with van der Waals surface area (Å²) in [7, 11) is 0. The van der Waals surface area contributed by atoms with Gasteiger partial charge >= 0.3 is 6.09 Å². The number of carbonyl (C=O) groups excluding carboxylic acids is 1. The second kappa shape index (κ2) is 4.96. The molecule has 11 heavy (non-hydrogen) atoms. The SMILES string of the molecule is CC(=O)N(C(=O)O)C(C)C.Cl. The summed E-state index contributed by atoms with van der Waals surface area (Å²) >= 11 is 0. The van der Waals surface area contributed by atoms with E-state index in [9.17, 15) is 9.59 Å². The number of carboxylic acid groups (broad SMARTS) is 1. The maximum absolute atomic E-state index is 10.6. The summed E-state index contributed by atoms with van der Waals surface area (Å²) < 4.78 is 0. The molecule has 0 unspecified atom stereocenters. The second-order valence-electron chi connectivity index (χ2n) is 2.27. The number of imide groups is 1. The fraction of sp³-hybridized carbons (Fsp3) is 0.667. The first-order valence-corrected chi connectivity index (χ1v) is 2.99. The van der Waals surface area contributed by atoms with E-state index < -0.39 is 12.0 Å². The van der Waals surface area contributed by atoms with Crippen molar-refractivity contribution in [2.75, 3.05) is 0 Å². The minimum atomic E-state index is -1.19. The van der Waals surface area contributed by atoms with Crippen LogP contribution < -0.4 is 0 Å². The second-order valence-corrected chi connectivity index (χ2v) is 2.27. The van der Waals surface area contributed by atoms with Gasteiger partial charge in [-0.2, -0.15) is 0 Å². The minimum absolute atomic E-state index is 0. The van der Waals surface area contributed by atoms with E-state index in [2.05, 4.69) is 0 Å². The Morgan fingerprint density at radius 1 is 1.36 bits per heavy atom. The normalized spacial score (nSPS) is 8.73. The van der Waals surface area contributed by atoms with E-state index in [1.807, 2.05) is 0 Å². The molecule has 0 aliphatic carbocycles. The van der Waals surface area contributed by atoms with Crippen molar-refractivity contribution in [3.8, 4) is 0 Å². The molecule has 1 N–H and O–H groups in total. The third-order valence-electron chi connectivity index (χ3n) is 1.06. The fourth-order valence-electron chi connectivity index (χ4n) is 0.719. The molecule has 0 spiro atoms. The molecule has 0 atom stereocenters. The van der Waals surface area contributed by atoms with E-state index in [-0.39, 0.29) is 18.4 Å². The topological polar surface area (TPSA) is 57.6 Å². The number of hydrogen-bond acceptors (Lipinski definition) is 2. The van der Waals surface area contributed by atoms with Crippen molar-refractivity contribution in [2.45, 2.75) is 26.8 Å². The molecule has 0 fully saturated rings. The van der Waals surface area contributed by atoms with Crippen LogP contribution in [0.1, 0.15) is 20.8 Å². The van der Waals surface area contributed by atoms with Crippen molar-refractivity contribution >= 4 is 24.4 Å². The summed E-state index contributed by atoms with van der Waals surface area (Å²) in [5.74, 6) is -0.442. The largest absolute Gasteiger partial charge is 0.465 e. The van der Waals surface area contributed by atoms with Crippen LogP contribution in [0.15, 0.2) is 0 Å². The predicted octanol–water partition coefficient (Wildman–Crippen LogP) is 1.34. The van der Waals surface area contributed by atoms with Gasteiger partial charge in [-0.15, -0.1) is 12.4 Å². The van der Waals surface area contributed by atoms with E-state index in [4.69, 9.17) is 5.11 Å². The monoisotopic (exact) mass is 181 g/mol. The Balaban J connectivity index is 0. The molecule has 0 bridgehead atoms. The van der Waals surface area contributed by atoms with Crippen molar-refractivity contribution in [2.24, 2.45) is 0 Å². The fourth-order valence-corrected chi connectivity index (χ4v) is 0.719. The molecule has 0 aliphatic rings. The number of rotatable bonds is 1. The molecule has 4 nitrogen and oxygen atoms in total. The third-order valence-corrected chi connectivity index (χ3v) is 1.06. The summed E-state index contributed by atoms with van der Waals surface area (Å²) in [6.45, 7) is 4.53. The van der Waals surface area contributed by atoms with E-state index >= 15 is 0 Å². The van der Waals surface area contributed by atoms with Gasteiger partial charge in [-0.05, 0) is 13.8 Å². The molecule has 0 aromatic carbocycles. The Morgan fingerprint density at radius 2 is 1.73 bits per heavy atom. The lowest BCUT2D eigenvalue weighted by molar-refractivity contribution is -0.128. The number of nitrogens with zero attached hydrogens (tertiary/aromatic N) is 1. The zero-order chi connectivity index (χ0) is 8.31. The molecule has 0 rings (SSSR count). The number of carbonyl (C=O) groups is 2. The van der Waals surface area contributed by atoms with Gasteiger partial charge in [0.15, 0.2) is 0 Å². The molecule has 0 saturated carbocycles. The molecule has 0 heterocycles. The van der Waals surface area contributed by atoms with Crippen LogP contribution in [0.5, 0.6) is 0 Å². The predicted molar refractivity (Wildman–Crippen MR) is 42.9 cm³/mol. The first-order valence-electron chi connectivity index (χ1n) is 2.99. The van der Waals surface area contributed by atoms with Crippen LogP contribution in [0, 0.1) is 0 Å². The molecule has 0 aliphatic heterocycles. The van der Waals surface area contributed by atoms with Gasteiger partial charge in [0.05, 0.1) is 0 Å². The van der Waals surface area contributed by atoms with E-state index in [0.717, 1.165) is 4.90 Å². The van der Waals surface area contributed by atoms with E-state index in [1.54, 1.807) is 13.8 Å². The number of halogens is 1. The van der Waals surface area contributed by atoms with Gasteiger partial charge in [0.2, 0.25) is 5.91 Å². The van der Waals surface area contributed by atoms with Gasteiger partial charge in [-0.1, -0.05) is 0 Å². The van der Waals surface area contributed by atoms with Crippen LogP contribution in [-0.4, -0.2) is 28.0 Å². The Labute approximate surface area is 71.6 Å². The quantitative estimate of drug-likeness (QED) is 0.664. The average molecular weight is 182 g/mol. The Bertz CT molecular complexity index is 144. The Kier molecular flexibility index (Phi) is 5.80. The lowest BCUT2D eigenvalue weighted by atomic mass is 10.3. The van der Waals surface area contributed by atoms with Crippen molar-refractivity contribution in [3.63, 3.8) is 0 Å². The highest BCUT2D eigenvalue weighted by Gasteiger charge is 2.19. The van der Waals surface area contributed by atoms with Gasteiger partial charge in [0, 0.05) is 13.0 Å². The Hall–Kier alpha value is -0.770. The van der Waals surface area contributed by atoms with Crippen molar-refractivity contribution in [1.29, 1.82) is 0 Å². The summed E-state index contributed by atoms with van der Waals surface area (Å²) in [4.78, 5) is 21.6. The molecule has 0 radical (unpaired) electrons. The molecule has 0 aromatic heterocycles. The van der Waals surface area contributed by atoms with Gasteiger partial charge in [0.1, 0.15) is 0 Å². The number of hydrogen-bond donors (Lipinski definition) is 1. The maximum atomic E-state index is 10.6. The molecule has 2 amide bonds. The maximum Gasteiger partial charge on any atom is 0.414 e. The summed E-state index contributed by atoms with van der Waals surface area (Å²) in [5.41, 5.74) is 0. The molecular formula is C6H12ClNO3. The molecule has 0 aromatic rings. The van der Waals surface area contributed by atoms with E-state index in [0.29, 0.717) is 0 Å². The van der Waals surface area contributed by atoms with Crippen LogP contribution in [0.4, 0.5) is 4.79 Å². The van der Waals surface area contributed by atoms with Crippen LogP contribution in [-0.2, 0) is 4.79 Å². The standard InChI is InChI=1S/C6H11NO3.ClH/c1-4(2)7(5(3)8)6(9)10;/h4H,1-3H3,(H,9,10);1H. The molecule has 5 heteroatoms. The first-order chi connectivity index (χ1) is 4.46. The average Bonchev–Trinajstić information content (AvgIpc) is 1.59. The van der Waals surface area contributed by atoms with Crippen LogP contribution in [0.3, 0.4) is 0 Å². The summed E-state index contributed by atoms with van der Waals surface area (Å²) in [6, 6.07) is -0.282. The Morgan fingerprint density at radius 3 is 1.73 bits per heavy atom. The highest BCUT2D eigenvalue weighted by Crippen LogP contribution is 1.98. The lowest BCUT2D eigenvalue weighted by Crippen LogP contribution is -2.39. The minimum Gasteiger partial charge on any atom is -0.465 e. The van der Waals surface area contributed by atoms with E-state index in [1.165, 1.54) is 6.92 Å². The summed E-state index contributed by atoms with van der Waals surface area (Å²) in [5, 5.41) is 8.42. The zero-order valence-electron chi connectivity index (χ0n) is 6.70. The highest BCUT2D eigenvalue weighted by atomic mass is 35.5. The number of amides is 2. The third kappa shape index (κ3) is 3.83. The smallest absolute Gasteiger partial charge is 0.414 e.